The van der Waals surface area contributed by atoms with Crippen LogP contribution in [0.1, 0.15) is 12.0 Å². The molecule has 0 unspecified atom stereocenters. The van der Waals surface area contributed by atoms with Crippen molar-refractivity contribution in [2.75, 3.05) is 13.7 Å². The fourth-order valence-electron chi connectivity index (χ4n) is 2.57. The van der Waals surface area contributed by atoms with E-state index in [0.29, 0.717) is 23.3 Å². The van der Waals surface area contributed by atoms with Crippen LogP contribution in [-0.4, -0.2) is 38.3 Å². The molecular formula is C14H16Cl2O4. The molecule has 1 aromatic carbocycles. The first-order valence-electron chi connectivity index (χ1n) is 6.53. The van der Waals surface area contributed by atoms with Crippen LogP contribution in [0, 0.1) is 0 Å². The van der Waals surface area contributed by atoms with Gasteiger partial charge in [0, 0.05) is 29.1 Å². The van der Waals surface area contributed by atoms with Gasteiger partial charge in [-0.05, 0) is 12.1 Å². The molecule has 0 aliphatic carbocycles. The van der Waals surface area contributed by atoms with Gasteiger partial charge in [0.05, 0.1) is 19.3 Å². The molecule has 0 aromatic heterocycles. The van der Waals surface area contributed by atoms with Crippen LogP contribution in [0.5, 0.6) is 0 Å². The van der Waals surface area contributed by atoms with Gasteiger partial charge in [0.1, 0.15) is 12.2 Å². The van der Waals surface area contributed by atoms with E-state index in [1.54, 1.807) is 19.2 Å². The molecule has 0 spiro atoms. The van der Waals surface area contributed by atoms with Gasteiger partial charge in [0.15, 0.2) is 6.29 Å². The monoisotopic (exact) mass is 318 g/mol. The molecule has 1 aromatic rings. The fourth-order valence-corrected chi connectivity index (χ4v) is 3.07. The second-order valence-corrected chi connectivity index (χ2v) is 5.75. The van der Waals surface area contributed by atoms with Crippen molar-refractivity contribution in [1.29, 1.82) is 0 Å². The van der Waals surface area contributed by atoms with Crippen molar-refractivity contribution < 1.29 is 18.9 Å². The Kier molecular flexibility index (Phi) is 4.50. The third-order valence-electron chi connectivity index (χ3n) is 3.72. The molecule has 3 rings (SSSR count). The molecule has 0 radical (unpaired) electrons. The van der Waals surface area contributed by atoms with Crippen LogP contribution in [0.25, 0.3) is 0 Å². The Morgan fingerprint density at radius 1 is 1.25 bits per heavy atom. The number of halogens is 2. The van der Waals surface area contributed by atoms with Crippen molar-refractivity contribution in [3.63, 3.8) is 0 Å². The smallest absolute Gasteiger partial charge is 0.184 e. The van der Waals surface area contributed by atoms with E-state index in [9.17, 15) is 0 Å². The van der Waals surface area contributed by atoms with Crippen LogP contribution in [-0.2, 0) is 25.6 Å². The predicted molar refractivity (Wildman–Crippen MR) is 75.1 cm³/mol. The average molecular weight is 319 g/mol. The Balaban J connectivity index is 1.66. The number of fused-ring (bicyclic) bond motifs is 2. The van der Waals surface area contributed by atoms with E-state index in [1.807, 2.05) is 6.07 Å². The molecule has 2 aliphatic heterocycles. The van der Waals surface area contributed by atoms with Crippen molar-refractivity contribution in [3.05, 3.63) is 33.8 Å². The highest BCUT2D eigenvalue weighted by molar-refractivity contribution is 6.35. The third-order valence-corrected chi connectivity index (χ3v) is 4.43. The molecule has 2 fully saturated rings. The van der Waals surface area contributed by atoms with E-state index in [1.165, 1.54) is 0 Å². The maximum Gasteiger partial charge on any atom is 0.184 e. The number of hydrogen-bond acceptors (Lipinski definition) is 4. The minimum Gasteiger partial charge on any atom is -0.376 e. The van der Waals surface area contributed by atoms with Gasteiger partial charge in [0.2, 0.25) is 0 Å². The summed E-state index contributed by atoms with van der Waals surface area (Å²) < 4.78 is 22.6. The summed E-state index contributed by atoms with van der Waals surface area (Å²) in [7, 11) is 1.65. The van der Waals surface area contributed by atoms with Crippen LogP contribution in [0.3, 0.4) is 0 Å². The lowest BCUT2D eigenvalue weighted by Crippen LogP contribution is -2.44. The molecule has 6 heteroatoms. The second-order valence-electron chi connectivity index (χ2n) is 4.94. The average Bonchev–Trinajstić information content (AvgIpc) is 2.85. The SMILES string of the molecule is CO[C@@H]1C[C@H](OCc2c(Cl)cccc2Cl)[C@H]2CO[C@@H]1O2. The lowest BCUT2D eigenvalue weighted by molar-refractivity contribution is -0.200. The lowest BCUT2D eigenvalue weighted by Gasteiger charge is -2.32. The highest BCUT2D eigenvalue weighted by Crippen LogP contribution is 2.32. The van der Waals surface area contributed by atoms with Crippen LogP contribution in [0.2, 0.25) is 10.0 Å². The zero-order chi connectivity index (χ0) is 14.1. The normalized spacial score (nSPS) is 32.5. The number of hydrogen-bond donors (Lipinski definition) is 0. The first-order chi connectivity index (χ1) is 9.69. The summed E-state index contributed by atoms with van der Waals surface area (Å²) in [6.07, 6.45) is 0.251. The molecule has 20 heavy (non-hydrogen) atoms. The summed E-state index contributed by atoms with van der Waals surface area (Å²) in [5.41, 5.74) is 0.797. The standard InChI is InChI=1S/C14H16Cl2O4/c1-17-12-5-11(13-7-19-14(12)20-13)18-6-8-9(15)3-2-4-10(8)16/h2-4,11-14H,5-7H2,1H3/t11-,12+,13+,14+/m0/s1. The van der Waals surface area contributed by atoms with E-state index in [0.717, 1.165) is 12.0 Å². The molecule has 2 aliphatic rings. The molecule has 4 nitrogen and oxygen atoms in total. The summed E-state index contributed by atoms with van der Waals surface area (Å²) in [6.45, 7) is 0.885. The molecule has 0 saturated carbocycles. The number of rotatable bonds is 4. The van der Waals surface area contributed by atoms with Gasteiger partial charge in [-0.25, -0.2) is 0 Å². The third kappa shape index (κ3) is 2.82. The Morgan fingerprint density at radius 2 is 2.00 bits per heavy atom. The molecule has 0 amide bonds. The van der Waals surface area contributed by atoms with E-state index in [4.69, 9.17) is 42.1 Å². The van der Waals surface area contributed by atoms with Crippen LogP contribution in [0.4, 0.5) is 0 Å². The summed E-state index contributed by atoms with van der Waals surface area (Å²) in [5, 5.41) is 1.22. The van der Waals surface area contributed by atoms with Crippen LogP contribution >= 0.6 is 23.2 Å². The van der Waals surface area contributed by atoms with Gasteiger partial charge >= 0.3 is 0 Å². The molecule has 2 heterocycles. The van der Waals surface area contributed by atoms with Crippen LogP contribution in [0.15, 0.2) is 18.2 Å². The molecule has 4 atom stereocenters. The Labute approximate surface area is 127 Å². The fraction of sp³-hybridized carbons (Fsp3) is 0.571. The minimum absolute atomic E-state index is 0.0485. The summed E-state index contributed by atoms with van der Waals surface area (Å²) in [5.74, 6) is 0. The highest BCUT2D eigenvalue weighted by atomic mass is 35.5. The zero-order valence-corrected chi connectivity index (χ0v) is 12.6. The topological polar surface area (TPSA) is 36.9 Å². The van der Waals surface area contributed by atoms with Gasteiger partial charge in [-0.15, -0.1) is 0 Å². The summed E-state index contributed by atoms with van der Waals surface area (Å²) in [4.78, 5) is 0. The number of ether oxygens (including phenoxy) is 4. The molecule has 2 saturated heterocycles. The van der Waals surface area contributed by atoms with E-state index in [2.05, 4.69) is 0 Å². The Hall–Kier alpha value is -0.360. The van der Waals surface area contributed by atoms with Gasteiger partial charge in [-0.2, -0.15) is 0 Å². The van der Waals surface area contributed by atoms with E-state index >= 15 is 0 Å². The minimum atomic E-state index is -0.270. The maximum absolute atomic E-state index is 6.14. The number of benzene rings is 1. The van der Waals surface area contributed by atoms with Gasteiger partial charge < -0.3 is 18.9 Å². The lowest BCUT2D eigenvalue weighted by atomic mass is 10.0. The molecule has 0 N–H and O–H groups in total. The molecular weight excluding hydrogens is 303 g/mol. The largest absolute Gasteiger partial charge is 0.376 e. The highest BCUT2D eigenvalue weighted by Gasteiger charge is 2.44. The zero-order valence-electron chi connectivity index (χ0n) is 11.1. The predicted octanol–water partition coefficient (Wildman–Crippen LogP) is 3.04. The Morgan fingerprint density at radius 3 is 2.70 bits per heavy atom. The van der Waals surface area contributed by atoms with Gasteiger partial charge in [-0.3, -0.25) is 0 Å². The van der Waals surface area contributed by atoms with Crippen molar-refractivity contribution in [3.8, 4) is 0 Å². The quantitative estimate of drug-likeness (QED) is 0.855. The van der Waals surface area contributed by atoms with Crippen LogP contribution < -0.4 is 0 Å². The summed E-state index contributed by atoms with van der Waals surface area (Å²) >= 11 is 12.3. The first kappa shape index (κ1) is 14.6. The first-order valence-corrected chi connectivity index (χ1v) is 7.29. The van der Waals surface area contributed by atoms with Crippen molar-refractivity contribution in [1.82, 2.24) is 0 Å². The van der Waals surface area contributed by atoms with E-state index in [-0.39, 0.29) is 24.6 Å². The van der Waals surface area contributed by atoms with E-state index < -0.39 is 0 Å². The van der Waals surface area contributed by atoms with Crippen molar-refractivity contribution in [2.45, 2.75) is 37.6 Å². The van der Waals surface area contributed by atoms with Crippen molar-refractivity contribution in [2.24, 2.45) is 0 Å². The summed E-state index contributed by atoms with van der Waals surface area (Å²) in [6, 6.07) is 5.42. The second kappa shape index (κ2) is 6.18. The Bertz CT molecular complexity index is 462. The maximum atomic E-state index is 6.14. The van der Waals surface area contributed by atoms with Gasteiger partial charge in [-0.1, -0.05) is 29.3 Å². The molecule has 2 bridgehead atoms. The molecule has 110 valence electrons. The van der Waals surface area contributed by atoms with Crippen molar-refractivity contribution >= 4 is 23.2 Å². The number of methoxy groups -OCH3 is 1. The van der Waals surface area contributed by atoms with Gasteiger partial charge in [0.25, 0.3) is 0 Å².